The molecule has 3 aliphatic heterocycles. The minimum atomic E-state index is -3.45. The molecule has 1 aromatic carbocycles. The summed E-state index contributed by atoms with van der Waals surface area (Å²) in [5.74, 6) is -5.24. The molecule has 0 saturated carbocycles. The number of carbonyl (C=O) groups excluding carboxylic acids is 1. The van der Waals surface area contributed by atoms with Crippen LogP contribution in [0.2, 0.25) is 0 Å². The number of nitrogens with one attached hydrogen (secondary N) is 2. The van der Waals surface area contributed by atoms with E-state index in [2.05, 4.69) is 25.2 Å². The minimum Gasteiger partial charge on any atom is -0.444 e. The van der Waals surface area contributed by atoms with Crippen molar-refractivity contribution in [2.45, 2.75) is 64.1 Å². The molecule has 6 rings (SSSR count). The highest BCUT2D eigenvalue weighted by molar-refractivity contribution is 5.88. The van der Waals surface area contributed by atoms with Crippen LogP contribution in [-0.4, -0.2) is 95.0 Å². The highest BCUT2D eigenvalue weighted by Crippen LogP contribution is 2.44. The number of nitrogens with zero attached hydrogens (tertiary/aromatic N) is 5. The Kier molecular flexibility index (Phi) is 9.09. The first kappa shape index (κ1) is 33.0. The van der Waals surface area contributed by atoms with E-state index in [0.717, 1.165) is 32.4 Å². The van der Waals surface area contributed by atoms with Crippen molar-refractivity contribution in [3.8, 4) is 0 Å². The predicted molar refractivity (Wildman–Crippen MR) is 171 cm³/mol. The third kappa shape index (κ3) is 6.89. The van der Waals surface area contributed by atoms with Gasteiger partial charge in [-0.1, -0.05) is 18.2 Å². The van der Waals surface area contributed by atoms with Crippen LogP contribution < -0.4 is 15.8 Å². The molecule has 3 saturated heterocycles. The summed E-state index contributed by atoms with van der Waals surface area (Å²) in [6.07, 6.45) is 0.780. The van der Waals surface area contributed by atoms with E-state index in [1.54, 1.807) is 33.8 Å². The molecule has 47 heavy (non-hydrogen) atoms. The number of amides is 1. The van der Waals surface area contributed by atoms with Crippen LogP contribution in [0, 0.1) is 11.7 Å². The number of piperidine rings is 1. The Bertz CT molecular complexity index is 1660. The van der Waals surface area contributed by atoms with Crippen LogP contribution in [0.25, 0.3) is 11.0 Å². The average Bonchev–Trinajstić information content (AvgIpc) is 2.99. The topological polar surface area (TPSA) is 116 Å². The Balaban J connectivity index is 1.18. The van der Waals surface area contributed by atoms with Gasteiger partial charge in [0, 0.05) is 50.7 Å². The molecule has 1 amide bonds. The molecule has 0 unspecified atom stereocenters. The van der Waals surface area contributed by atoms with Gasteiger partial charge in [-0.3, -0.25) is 9.69 Å². The molecule has 5 heterocycles. The van der Waals surface area contributed by atoms with Crippen LogP contribution in [0.5, 0.6) is 0 Å². The minimum absolute atomic E-state index is 0.0151. The van der Waals surface area contributed by atoms with Gasteiger partial charge in [0.2, 0.25) is 0 Å². The van der Waals surface area contributed by atoms with Gasteiger partial charge in [0.1, 0.15) is 34.9 Å². The van der Waals surface area contributed by atoms with Gasteiger partial charge in [0.15, 0.2) is 0 Å². The van der Waals surface area contributed by atoms with Crippen LogP contribution in [-0.2, 0) is 15.4 Å². The van der Waals surface area contributed by atoms with Gasteiger partial charge in [-0.05, 0) is 46.6 Å². The molecule has 0 radical (unpaired) electrons. The van der Waals surface area contributed by atoms with Crippen molar-refractivity contribution >= 4 is 28.6 Å². The third-order valence-corrected chi connectivity index (χ3v) is 9.29. The number of ether oxygens (including phenoxy) is 2. The maximum absolute atomic E-state index is 16.0. The van der Waals surface area contributed by atoms with E-state index < -0.39 is 41.0 Å². The number of pyridine rings is 1. The standard InChI is InChI=1S/C33H42F3N7O4/c1-20(23-6-5-7-25(27(23)34)33(35,36)21-8-10-43(11-9-21)31(45)47-32(2,3)4)39-28-24-16-26(30(44)40-29(24)38-19-37-28)42-14-12-41(13-15-42)22-17-46-18-22/h5-7,16,19-22H,8-15,17-18H2,1-4H3,(H2,37,38,39,40,44)/t20-/m1/s1. The number of H-pyrrole nitrogens is 1. The van der Waals surface area contributed by atoms with Gasteiger partial charge in [0.05, 0.1) is 36.2 Å². The summed E-state index contributed by atoms with van der Waals surface area (Å²) < 4.78 is 58.4. The van der Waals surface area contributed by atoms with Gasteiger partial charge in [-0.25, -0.2) is 27.9 Å². The predicted octanol–water partition coefficient (Wildman–Crippen LogP) is 4.89. The average molecular weight is 658 g/mol. The van der Waals surface area contributed by atoms with E-state index in [1.165, 1.54) is 23.4 Å². The lowest BCUT2D eigenvalue weighted by Crippen LogP contribution is -2.57. The first-order valence-corrected chi connectivity index (χ1v) is 16.2. The summed E-state index contributed by atoms with van der Waals surface area (Å²) in [4.78, 5) is 42.7. The van der Waals surface area contributed by atoms with E-state index in [0.29, 0.717) is 41.7 Å². The molecule has 11 nitrogen and oxygen atoms in total. The van der Waals surface area contributed by atoms with E-state index in [9.17, 15) is 9.59 Å². The van der Waals surface area contributed by atoms with Gasteiger partial charge in [-0.15, -0.1) is 0 Å². The molecular weight excluding hydrogens is 615 g/mol. The zero-order valence-electron chi connectivity index (χ0n) is 27.2. The second-order valence-corrected chi connectivity index (χ2v) is 13.6. The molecule has 2 aromatic heterocycles. The Hall–Kier alpha value is -3.91. The molecule has 254 valence electrons. The molecule has 0 aliphatic carbocycles. The van der Waals surface area contributed by atoms with Gasteiger partial charge in [0.25, 0.3) is 11.5 Å². The van der Waals surface area contributed by atoms with Crippen LogP contribution in [0.15, 0.2) is 35.4 Å². The first-order chi connectivity index (χ1) is 22.3. The highest BCUT2D eigenvalue weighted by atomic mass is 19.3. The maximum Gasteiger partial charge on any atom is 0.410 e. The number of carbonyl (C=O) groups is 1. The number of aromatic nitrogens is 3. The summed E-state index contributed by atoms with van der Waals surface area (Å²) >= 11 is 0. The lowest BCUT2D eigenvalue weighted by Gasteiger charge is -2.43. The lowest BCUT2D eigenvalue weighted by atomic mass is 9.85. The van der Waals surface area contributed by atoms with Crippen LogP contribution in [0.3, 0.4) is 0 Å². The van der Waals surface area contributed by atoms with Crippen molar-refractivity contribution in [3.63, 3.8) is 0 Å². The Morgan fingerprint density at radius 3 is 2.43 bits per heavy atom. The Labute approximate surface area is 271 Å². The number of anilines is 2. The fourth-order valence-electron chi connectivity index (χ4n) is 6.51. The van der Waals surface area contributed by atoms with Gasteiger partial charge in [-0.2, -0.15) is 0 Å². The van der Waals surface area contributed by atoms with E-state index in [1.807, 2.05) is 4.90 Å². The maximum atomic E-state index is 16.0. The lowest BCUT2D eigenvalue weighted by molar-refractivity contribution is -0.0885. The number of fused-ring (bicyclic) bond motifs is 1. The molecule has 14 heteroatoms. The zero-order chi connectivity index (χ0) is 33.5. The van der Waals surface area contributed by atoms with E-state index >= 15 is 13.2 Å². The number of aromatic amines is 1. The van der Waals surface area contributed by atoms with Crippen molar-refractivity contribution in [1.29, 1.82) is 0 Å². The second-order valence-electron chi connectivity index (χ2n) is 13.6. The number of likely N-dealkylation sites (tertiary alicyclic amines) is 1. The number of hydrogen-bond acceptors (Lipinski definition) is 9. The van der Waals surface area contributed by atoms with Crippen LogP contribution in [0.4, 0.5) is 29.5 Å². The molecule has 3 fully saturated rings. The van der Waals surface area contributed by atoms with Crippen LogP contribution >= 0.6 is 0 Å². The fraction of sp³-hybridized carbons (Fsp3) is 0.576. The van der Waals surface area contributed by atoms with Crippen molar-refractivity contribution in [1.82, 2.24) is 24.8 Å². The van der Waals surface area contributed by atoms with Crippen LogP contribution in [0.1, 0.15) is 57.7 Å². The molecule has 2 N–H and O–H groups in total. The monoisotopic (exact) mass is 657 g/mol. The third-order valence-electron chi connectivity index (χ3n) is 9.29. The number of hydrogen-bond donors (Lipinski definition) is 2. The summed E-state index contributed by atoms with van der Waals surface area (Å²) in [6.45, 7) is 11.5. The van der Waals surface area contributed by atoms with Gasteiger partial charge >= 0.3 is 6.09 Å². The molecule has 1 atom stereocenters. The summed E-state index contributed by atoms with van der Waals surface area (Å²) in [5.41, 5.74) is -0.781. The molecular formula is C33H42F3N7O4. The zero-order valence-corrected chi connectivity index (χ0v) is 27.2. The number of rotatable bonds is 7. The Morgan fingerprint density at radius 2 is 1.79 bits per heavy atom. The summed E-state index contributed by atoms with van der Waals surface area (Å²) in [5, 5.41) is 3.70. The van der Waals surface area contributed by atoms with E-state index in [-0.39, 0.29) is 37.1 Å². The summed E-state index contributed by atoms with van der Waals surface area (Å²) in [6, 6.07) is 5.44. The first-order valence-electron chi connectivity index (χ1n) is 16.2. The number of benzene rings is 1. The molecule has 3 aromatic rings. The normalized spacial score (nSPS) is 19.5. The number of piperazine rings is 1. The molecule has 3 aliphatic rings. The summed E-state index contributed by atoms with van der Waals surface area (Å²) in [7, 11) is 0. The smallest absolute Gasteiger partial charge is 0.410 e. The highest BCUT2D eigenvalue weighted by Gasteiger charge is 2.46. The van der Waals surface area contributed by atoms with Crippen molar-refractivity contribution < 1.29 is 27.4 Å². The van der Waals surface area contributed by atoms with E-state index in [4.69, 9.17) is 9.47 Å². The molecule has 0 bridgehead atoms. The number of alkyl halides is 2. The second kappa shape index (κ2) is 12.9. The van der Waals surface area contributed by atoms with Crippen molar-refractivity contribution in [2.24, 2.45) is 5.92 Å². The fourth-order valence-corrected chi connectivity index (χ4v) is 6.51. The quantitative estimate of drug-likeness (QED) is 0.367. The largest absolute Gasteiger partial charge is 0.444 e. The molecule has 0 spiro atoms. The van der Waals surface area contributed by atoms with Gasteiger partial charge < -0.3 is 29.6 Å². The Morgan fingerprint density at radius 1 is 1.09 bits per heavy atom. The SMILES string of the molecule is C[C@@H](Nc1ncnc2[nH]c(=O)c(N3CCN(C4COC4)CC3)cc12)c1cccc(C(F)(F)C2CCN(C(=O)OC(C)(C)C)CC2)c1F. The van der Waals surface area contributed by atoms with Crippen molar-refractivity contribution in [3.05, 3.63) is 57.9 Å². The number of halogens is 3. The van der Waals surface area contributed by atoms with Crippen molar-refractivity contribution in [2.75, 3.05) is 62.7 Å².